The lowest BCUT2D eigenvalue weighted by molar-refractivity contribution is -0.130. The maximum Gasteiger partial charge on any atom is 0.408 e. The molecule has 1 aromatic carbocycles. The van der Waals surface area contributed by atoms with E-state index in [0.717, 1.165) is 5.56 Å². The fourth-order valence-corrected chi connectivity index (χ4v) is 2.66. The number of nitrogens with one attached hydrogen (secondary N) is 3. The molecule has 0 aliphatic rings. The molecule has 0 aromatic heterocycles. The first-order valence-electron chi connectivity index (χ1n) is 9.57. The minimum atomic E-state index is -0.794. The van der Waals surface area contributed by atoms with Gasteiger partial charge in [0, 0.05) is 13.5 Å². The predicted molar refractivity (Wildman–Crippen MR) is 109 cm³/mol. The van der Waals surface area contributed by atoms with Gasteiger partial charge in [0.25, 0.3) is 0 Å². The Morgan fingerprint density at radius 3 is 2.07 bits per heavy atom. The summed E-state index contributed by atoms with van der Waals surface area (Å²) in [5, 5.41) is 7.97. The summed E-state index contributed by atoms with van der Waals surface area (Å²) in [6, 6.07) is 7.90. The average Bonchev–Trinajstić information content (AvgIpc) is 2.58. The van der Waals surface area contributed by atoms with Gasteiger partial charge >= 0.3 is 6.09 Å². The first-order valence-corrected chi connectivity index (χ1v) is 9.57. The number of hydrogen-bond donors (Lipinski definition) is 3. The minimum Gasteiger partial charge on any atom is -0.444 e. The highest BCUT2D eigenvalue weighted by Crippen LogP contribution is 2.10. The molecular weight excluding hydrogens is 358 g/mol. The van der Waals surface area contributed by atoms with E-state index in [1.807, 2.05) is 44.2 Å². The molecule has 28 heavy (non-hydrogen) atoms. The van der Waals surface area contributed by atoms with Crippen LogP contribution >= 0.6 is 0 Å². The SMILES string of the molecule is CNC(=O)[C@H](Cc1ccccc1)NC(=O)[C@H](CC(C)C)NC(=O)OC(C)(C)C. The molecule has 0 unspecified atom stereocenters. The third-order valence-corrected chi connectivity index (χ3v) is 3.88. The average molecular weight is 392 g/mol. The normalized spacial score (nSPS) is 13.4. The number of alkyl carbamates (subject to hydrolysis) is 1. The molecule has 0 aliphatic heterocycles. The lowest BCUT2D eigenvalue weighted by Crippen LogP contribution is -2.54. The van der Waals surface area contributed by atoms with E-state index < -0.39 is 29.7 Å². The highest BCUT2D eigenvalue weighted by atomic mass is 16.6. The fraction of sp³-hybridized carbons (Fsp3) is 0.571. The molecular formula is C21H33N3O4. The van der Waals surface area contributed by atoms with E-state index in [0.29, 0.717) is 12.8 Å². The van der Waals surface area contributed by atoms with E-state index in [2.05, 4.69) is 16.0 Å². The lowest BCUT2D eigenvalue weighted by Gasteiger charge is -2.26. The van der Waals surface area contributed by atoms with Gasteiger partial charge in [-0.3, -0.25) is 9.59 Å². The summed E-state index contributed by atoms with van der Waals surface area (Å²) in [5.74, 6) is -0.542. The third kappa shape index (κ3) is 8.88. The van der Waals surface area contributed by atoms with Crippen LogP contribution < -0.4 is 16.0 Å². The zero-order chi connectivity index (χ0) is 21.3. The summed E-state index contributed by atoms with van der Waals surface area (Å²) in [6.45, 7) is 9.18. The molecule has 0 fully saturated rings. The van der Waals surface area contributed by atoms with Gasteiger partial charge in [0.05, 0.1) is 0 Å². The van der Waals surface area contributed by atoms with Gasteiger partial charge in [0.2, 0.25) is 11.8 Å². The molecule has 0 saturated carbocycles. The second-order valence-corrected chi connectivity index (χ2v) is 8.19. The van der Waals surface area contributed by atoms with Crippen molar-refractivity contribution in [3.63, 3.8) is 0 Å². The Kier molecular flexibility index (Phi) is 8.96. The van der Waals surface area contributed by atoms with Crippen LogP contribution in [-0.4, -0.2) is 42.6 Å². The van der Waals surface area contributed by atoms with E-state index in [9.17, 15) is 14.4 Å². The van der Waals surface area contributed by atoms with E-state index in [-0.39, 0.29) is 11.8 Å². The molecule has 0 radical (unpaired) electrons. The minimum absolute atomic E-state index is 0.165. The molecule has 0 aliphatic carbocycles. The van der Waals surface area contributed by atoms with Crippen LogP contribution in [0.5, 0.6) is 0 Å². The molecule has 0 saturated heterocycles. The molecule has 1 aromatic rings. The highest BCUT2D eigenvalue weighted by molar-refractivity contribution is 5.91. The Bertz CT molecular complexity index is 653. The number of ether oxygens (including phenoxy) is 1. The molecule has 1 rings (SSSR count). The van der Waals surface area contributed by atoms with Crippen molar-refractivity contribution >= 4 is 17.9 Å². The van der Waals surface area contributed by atoms with E-state index in [4.69, 9.17) is 4.74 Å². The van der Waals surface area contributed by atoms with Crippen LogP contribution in [0.4, 0.5) is 4.79 Å². The second-order valence-electron chi connectivity index (χ2n) is 8.19. The van der Waals surface area contributed by atoms with Gasteiger partial charge in [-0.25, -0.2) is 4.79 Å². The largest absolute Gasteiger partial charge is 0.444 e. The van der Waals surface area contributed by atoms with Crippen LogP contribution in [0.1, 0.15) is 46.6 Å². The number of carbonyl (C=O) groups is 3. The summed E-state index contributed by atoms with van der Waals surface area (Å²) in [7, 11) is 1.52. The Labute approximate surface area is 167 Å². The highest BCUT2D eigenvalue weighted by Gasteiger charge is 2.28. The van der Waals surface area contributed by atoms with Crippen LogP contribution in [0.3, 0.4) is 0 Å². The van der Waals surface area contributed by atoms with E-state index in [1.54, 1.807) is 20.8 Å². The fourth-order valence-electron chi connectivity index (χ4n) is 2.66. The van der Waals surface area contributed by atoms with E-state index in [1.165, 1.54) is 7.05 Å². The zero-order valence-corrected chi connectivity index (χ0v) is 17.7. The Balaban J connectivity index is 2.88. The predicted octanol–water partition coefficient (Wildman–Crippen LogP) is 2.40. The molecule has 7 heteroatoms. The topological polar surface area (TPSA) is 96.5 Å². The molecule has 7 nitrogen and oxygen atoms in total. The Morgan fingerprint density at radius 1 is 0.964 bits per heavy atom. The molecule has 2 atom stereocenters. The van der Waals surface area contributed by atoms with Gasteiger partial charge in [0.1, 0.15) is 17.7 Å². The molecule has 156 valence electrons. The van der Waals surface area contributed by atoms with Crippen molar-refractivity contribution in [2.24, 2.45) is 5.92 Å². The zero-order valence-electron chi connectivity index (χ0n) is 17.7. The summed E-state index contributed by atoms with van der Waals surface area (Å²) >= 11 is 0. The van der Waals surface area contributed by atoms with Crippen LogP contribution in [-0.2, 0) is 20.7 Å². The molecule has 3 N–H and O–H groups in total. The maximum atomic E-state index is 12.8. The molecule has 3 amide bonds. The van der Waals surface area contributed by atoms with Crippen LogP contribution in [0.2, 0.25) is 0 Å². The summed E-state index contributed by atoms with van der Waals surface area (Å²) in [6.07, 6.45) is 0.122. The number of hydrogen-bond acceptors (Lipinski definition) is 4. The number of rotatable bonds is 8. The van der Waals surface area contributed by atoms with E-state index >= 15 is 0 Å². The third-order valence-electron chi connectivity index (χ3n) is 3.88. The van der Waals surface area contributed by atoms with Crippen LogP contribution in [0.15, 0.2) is 30.3 Å². The van der Waals surface area contributed by atoms with Gasteiger partial charge in [-0.15, -0.1) is 0 Å². The van der Waals surface area contributed by atoms with Crippen LogP contribution in [0, 0.1) is 5.92 Å². The summed E-state index contributed by atoms with van der Waals surface area (Å²) in [5.41, 5.74) is 0.262. The van der Waals surface area contributed by atoms with Gasteiger partial charge in [-0.05, 0) is 38.7 Å². The van der Waals surface area contributed by atoms with Crippen molar-refractivity contribution in [3.05, 3.63) is 35.9 Å². The van der Waals surface area contributed by atoms with Crippen molar-refractivity contribution < 1.29 is 19.1 Å². The van der Waals surface area contributed by atoms with Crippen molar-refractivity contribution in [1.82, 2.24) is 16.0 Å². The molecule has 0 bridgehead atoms. The number of likely N-dealkylation sites (N-methyl/N-ethyl adjacent to an activating group) is 1. The van der Waals surface area contributed by atoms with Crippen molar-refractivity contribution in [3.8, 4) is 0 Å². The first kappa shape index (κ1) is 23.5. The van der Waals surface area contributed by atoms with Gasteiger partial charge < -0.3 is 20.7 Å². The van der Waals surface area contributed by atoms with Gasteiger partial charge in [-0.2, -0.15) is 0 Å². The molecule has 0 heterocycles. The monoisotopic (exact) mass is 391 g/mol. The molecule has 0 spiro atoms. The first-order chi connectivity index (χ1) is 13.0. The standard InChI is InChI=1S/C21H33N3O4/c1-14(2)12-16(24-20(27)28-21(3,4)5)19(26)23-17(18(25)22-6)13-15-10-8-7-9-11-15/h7-11,14,16-17H,12-13H2,1-6H3,(H,22,25)(H,23,26)(H,24,27)/t16-,17-/m0/s1. The summed E-state index contributed by atoms with van der Waals surface area (Å²) in [4.78, 5) is 37.2. The van der Waals surface area contributed by atoms with Crippen molar-refractivity contribution in [2.45, 2.75) is 65.1 Å². The van der Waals surface area contributed by atoms with Crippen LogP contribution in [0.25, 0.3) is 0 Å². The Hall–Kier alpha value is -2.57. The van der Waals surface area contributed by atoms with Gasteiger partial charge in [0.15, 0.2) is 0 Å². The number of benzene rings is 1. The summed E-state index contributed by atoms with van der Waals surface area (Å²) < 4.78 is 5.26. The number of carbonyl (C=O) groups excluding carboxylic acids is 3. The maximum absolute atomic E-state index is 12.8. The quantitative estimate of drug-likeness (QED) is 0.634. The second kappa shape index (κ2) is 10.7. The van der Waals surface area contributed by atoms with Gasteiger partial charge in [-0.1, -0.05) is 44.2 Å². The number of amides is 3. The lowest BCUT2D eigenvalue weighted by atomic mass is 10.0. The smallest absolute Gasteiger partial charge is 0.408 e. The van der Waals surface area contributed by atoms with Crippen molar-refractivity contribution in [1.29, 1.82) is 0 Å². The Morgan fingerprint density at radius 2 is 1.57 bits per heavy atom. The van der Waals surface area contributed by atoms with Crippen molar-refractivity contribution in [2.75, 3.05) is 7.05 Å².